The van der Waals surface area contributed by atoms with E-state index in [2.05, 4.69) is 16.9 Å². The highest BCUT2D eigenvalue weighted by molar-refractivity contribution is 5.94. The summed E-state index contributed by atoms with van der Waals surface area (Å²) in [4.78, 5) is 16.2. The van der Waals surface area contributed by atoms with Crippen LogP contribution in [0.1, 0.15) is 43.2 Å². The van der Waals surface area contributed by atoms with Gasteiger partial charge in [-0.3, -0.25) is 9.78 Å². The Morgan fingerprint density at radius 1 is 1.53 bits per heavy atom. The average molecular weight is 232 g/mol. The third-order valence-electron chi connectivity index (χ3n) is 2.21. The number of carbonyl (C=O) groups excluding carboxylic acids is 1. The van der Waals surface area contributed by atoms with Crippen molar-refractivity contribution in [2.24, 2.45) is 0 Å². The van der Waals surface area contributed by atoms with Crippen LogP contribution in [-0.4, -0.2) is 16.4 Å². The van der Waals surface area contributed by atoms with Gasteiger partial charge in [0.15, 0.2) is 0 Å². The molecule has 0 saturated heterocycles. The lowest BCUT2D eigenvalue weighted by molar-refractivity contribution is 0.0913. The molecule has 17 heavy (non-hydrogen) atoms. The summed E-state index contributed by atoms with van der Waals surface area (Å²) in [5, 5.41) is 2.92. The maximum atomic E-state index is 12.0. The van der Waals surface area contributed by atoms with Crippen molar-refractivity contribution in [2.75, 3.05) is 0 Å². The predicted molar refractivity (Wildman–Crippen MR) is 70.0 cm³/mol. The number of amides is 1. The number of aryl methyl sites for hydroxylation is 1. The molecule has 0 aliphatic carbocycles. The third kappa shape index (κ3) is 4.39. The van der Waals surface area contributed by atoms with E-state index in [0.717, 1.165) is 18.4 Å². The van der Waals surface area contributed by atoms with Gasteiger partial charge in [-0.25, -0.2) is 0 Å². The molecule has 1 aromatic rings. The Balaban J connectivity index is 2.88. The Labute approximate surface area is 103 Å². The summed E-state index contributed by atoms with van der Waals surface area (Å²) < 4.78 is 0. The fourth-order valence-electron chi connectivity index (χ4n) is 1.50. The number of nitrogens with zero attached hydrogens (tertiary/aromatic N) is 1. The van der Waals surface area contributed by atoms with Crippen LogP contribution >= 0.6 is 0 Å². The summed E-state index contributed by atoms with van der Waals surface area (Å²) in [6.07, 6.45) is 5.14. The molecule has 3 nitrogen and oxygen atoms in total. The predicted octanol–water partition coefficient (Wildman–Crippen LogP) is 2.73. The molecule has 0 aliphatic heterocycles. The monoisotopic (exact) mass is 232 g/mol. The zero-order chi connectivity index (χ0) is 12.9. The summed E-state index contributed by atoms with van der Waals surface area (Å²) in [5.41, 5.74) is 1.24. The van der Waals surface area contributed by atoms with Gasteiger partial charge in [-0.2, -0.15) is 0 Å². The lowest BCUT2D eigenvalue weighted by Gasteiger charge is -2.20. The molecule has 3 heteroatoms. The molecule has 92 valence electrons. The molecule has 1 heterocycles. The number of hydrogen-bond donors (Lipinski definition) is 1. The first-order chi connectivity index (χ1) is 7.94. The molecule has 0 aromatic carbocycles. The van der Waals surface area contributed by atoms with Crippen molar-refractivity contribution >= 4 is 5.91 Å². The van der Waals surface area contributed by atoms with E-state index in [1.54, 1.807) is 6.20 Å². The number of aromatic nitrogens is 1. The van der Waals surface area contributed by atoms with Crippen LogP contribution in [0.5, 0.6) is 0 Å². The molecule has 1 N–H and O–H groups in total. The van der Waals surface area contributed by atoms with Crippen LogP contribution in [0.15, 0.2) is 31.0 Å². The van der Waals surface area contributed by atoms with Crippen molar-refractivity contribution in [1.29, 1.82) is 0 Å². The molecule has 1 aromatic heterocycles. The second kappa shape index (κ2) is 5.62. The maximum absolute atomic E-state index is 12.0. The van der Waals surface area contributed by atoms with E-state index < -0.39 is 0 Å². The molecule has 0 radical (unpaired) electrons. The van der Waals surface area contributed by atoms with Crippen molar-refractivity contribution in [3.05, 3.63) is 42.2 Å². The van der Waals surface area contributed by atoms with Crippen LogP contribution in [0.2, 0.25) is 0 Å². The molecule has 0 fully saturated rings. The Morgan fingerprint density at radius 2 is 2.24 bits per heavy atom. The number of nitrogens with one attached hydrogen (secondary N) is 1. The quantitative estimate of drug-likeness (QED) is 0.811. The molecular formula is C14H20N2O. The van der Waals surface area contributed by atoms with Crippen LogP contribution in [0.3, 0.4) is 0 Å². The van der Waals surface area contributed by atoms with Gasteiger partial charge in [-0.05, 0) is 45.2 Å². The highest BCUT2D eigenvalue weighted by Crippen LogP contribution is 2.10. The van der Waals surface area contributed by atoms with Gasteiger partial charge in [0, 0.05) is 11.7 Å². The fraction of sp³-hybridized carbons (Fsp3) is 0.429. The van der Waals surface area contributed by atoms with Crippen molar-refractivity contribution in [3.63, 3.8) is 0 Å². The van der Waals surface area contributed by atoms with E-state index in [-0.39, 0.29) is 11.4 Å². The minimum atomic E-state index is -0.246. The Hall–Kier alpha value is -1.64. The summed E-state index contributed by atoms with van der Waals surface area (Å²) in [5.74, 6) is -0.114. The molecule has 1 rings (SSSR count). The van der Waals surface area contributed by atoms with Gasteiger partial charge in [0.25, 0.3) is 5.91 Å². The molecule has 0 saturated carbocycles. The Morgan fingerprint density at radius 3 is 2.82 bits per heavy atom. The van der Waals surface area contributed by atoms with E-state index in [9.17, 15) is 4.79 Å². The Kier molecular flexibility index (Phi) is 4.44. The zero-order valence-electron chi connectivity index (χ0n) is 10.8. The van der Waals surface area contributed by atoms with Crippen LogP contribution < -0.4 is 5.32 Å². The summed E-state index contributed by atoms with van der Waals surface area (Å²) in [6.45, 7) is 9.56. The smallest absolute Gasteiger partial charge is 0.270 e. The first kappa shape index (κ1) is 13.4. The van der Waals surface area contributed by atoms with Crippen LogP contribution in [-0.2, 0) is 6.42 Å². The van der Waals surface area contributed by atoms with Gasteiger partial charge in [0.1, 0.15) is 5.69 Å². The molecule has 0 unspecified atom stereocenters. The highest BCUT2D eigenvalue weighted by atomic mass is 16.2. The molecular weight excluding hydrogens is 212 g/mol. The van der Waals surface area contributed by atoms with Crippen molar-refractivity contribution in [1.82, 2.24) is 10.3 Å². The maximum Gasteiger partial charge on any atom is 0.270 e. The second-order valence-corrected chi connectivity index (χ2v) is 5.04. The standard InChI is InChI=1S/C14H20N2O/c1-5-6-8-11-9-7-10-15-12(11)13(17)16-14(2,3)4/h5,7,9-10H,1,6,8H2,2-4H3,(H,16,17). The van der Waals surface area contributed by atoms with Gasteiger partial charge in [-0.15, -0.1) is 6.58 Å². The van der Waals surface area contributed by atoms with Crippen molar-refractivity contribution < 1.29 is 4.79 Å². The number of pyridine rings is 1. The molecule has 0 aliphatic rings. The number of carbonyl (C=O) groups is 1. The lowest BCUT2D eigenvalue weighted by atomic mass is 10.1. The fourth-order valence-corrected chi connectivity index (χ4v) is 1.50. The van der Waals surface area contributed by atoms with E-state index in [0.29, 0.717) is 5.69 Å². The first-order valence-electron chi connectivity index (χ1n) is 5.81. The van der Waals surface area contributed by atoms with E-state index in [1.807, 2.05) is 39.0 Å². The minimum Gasteiger partial charge on any atom is -0.346 e. The van der Waals surface area contributed by atoms with Crippen molar-refractivity contribution in [2.45, 2.75) is 39.2 Å². The summed E-state index contributed by atoms with van der Waals surface area (Å²) in [6, 6.07) is 3.79. The number of allylic oxidation sites excluding steroid dienone is 1. The van der Waals surface area contributed by atoms with Gasteiger partial charge >= 0.3 is 0 Å². The molecule has 0 bridgehead atoms. The van der Waals surface area contributed by atoms with Gasteiger partial charge < -0.3 is 5.32 Å². The number of hydrogen-bond acceptors (Lipinski definition) is 2. The minimum absolute atomic E-state index is 0.114. The Bertz CT molecular complexity index is 405. The molecule has 1 amide bonds. The number of rotatable bonds is 4. The van der Waals surface area contributed by atoms with E-state index in [1.165, 1.54) is 0 Å². The average Bonchev–Trinajstić information content (AvgIpc) is 2.24. The molecule has 0 atom stereocenters. The van der Waals surface area contributed by atoms with Gasteiger partial charge in [0.2, 0.25) is 0 Å². The highest BCUT2D eigenvalue weighted by Gasteiger charge is 2.18. The van der Waals surface area contributed by atoms with E-state index in [4.69, 9.17) is 0 Å². The largest absolute Gasteiger partial charge is 0.346 e. The molecule has 0 spiro atoms. The van der Waals surface area contributed by atoms with Gasteiger partial charge in [-0.1, -0.05) is 12.1 Å². The summed E-state index contributed by atoms with van der Waals surface area (Å²) >= 11 is 0. The van der Waals surface area contributed by atoms with Crippen LogP contribution in [0, 0.1) is 0 Å². The van der Waals surface area contributed by atoms with Crippen molar-refractivity contribution in [3.8, 4) is 0 Å². The van der Waals surface area contributed by atoms with Crippen LogP contribution in [0.4, 0.5) is 0 Å². The summed E-state index contributed by atoms with van der Waals surface area (Å²) in [7, 11) is 0. The SMILES string of the molecule is C=CCCc1cccnc1C(=O)NC(C)(C)C. The second-order valence-electron chi connectivity index (χ2n) is 5.04. The topological polar surface area (TPSA) is 42.0 Å². The first-order valence-corrected chi connectivity index (χ1v) is 5.81. The van der Waals surface area contributed by atoms with E-state index >= 15 is 0 Å². The zero-order valence-corrected chi connectivity index (χ0v) is 10.8. The third-order valence-corrected chi connectivity index (χ3v) is 2.21. The van der Waals surface area contributed by atoms with Gasteiger partial charge in [0.05, 0.1) is 0 Å². The van der Waals surface area contributed by atoms with Crippen LogP contribution in [0.25, 0.3) is 0 Å². The lowest BCUT2D eigenvalue weighted by Crippen LogP contribution is -2.41. The normalized spacial score (nSPS) is 11.0.